The maximum absolute atomic E-state index is 12.2. The number of rotatable bonds is 4. The van der Waals surface area contributed by atoms with Crippen molar-refractivity contribution >= 4 is 17.8 Å². The molecule has 1 amide bonds. The minimum atomic E-state index is -1.03. The summed E-state index contributed by atoms with van der Waals surface area (Å²) in [6, 6.07) is 9.28. The number of esters is 1. The Morgan fingerprint density at radius 3 is 2.68 bits per heavy atom. The number of amides is 1. The van der Waals surface area contributed by atoms with E-state index in [1.54, 1.807) is 12.2 Å². The number of nitrogens with one attached hydrogen (secondary N) is 1. The average Bonchev–Trinajstić information content (AvgIpc) is 2.57. The smallest absolute Gasteiger partial charge is 0.309 e. The number of benzene rings is 1. The van der Waals surface area contributed by atoms with Crippen molar-refractivity contribution in [2.24, 2.45) is 5.92 Å². The minimum absolute atomic E-state index is 0.0271. The van der Waals surface area contributed by atoms with Crippen molar-refractivity contribution in [1.82, 2.24) is 5.32 Å². The fourth-order valence-electron chi connectivity index (χ4n) is 2.72. The van der Waals surface area contributed by atoms with Gasteiger partial charge in [-0.3, -0.25) is 14.4 Å². The maximum atomic E-state index is 12.2. The van der Waals surface area contributed by atoms with Gasteiger partial charge < -0.3 is 15.2 Å². The highest BCUT2D eigenvalue weighted by atomic mass is 16.5. The van der Waals surface area contributed by atoms with Gasteiger partial charge in [-0.1, -0.05) is 42.5 Å². The molecule has 1 heterocycles. The first-order valence-electron chi connectivity index (χ1n) is 8.41. The van der Waals surface area contributed by atoms with Gasteiger partial charge in [-0.25, -0.2) is 0 Å². The van der Waals surface area contributed by atoms with E-state index in [1.165, 1.54) is 0 Å². The van der Waals surface area contributed by atoms with Gasteiger partial charge in [0.15, 0.2) is 0 Å². The van der Waals surface area contributed by atoms with Gasteiger partial charge in [0.1, 0.15) is 6.61 Å². The second-order valence-corrected chi connectivity index (χ2v) is 6.12. The molecule has 0 aromatic heterocycles. The normalized spacial score (nSPS) is 22.2. The molecule has 0 saturated heterocycles. The van der Waals surface area contributed by atoms with E-state index < -0.39 is 17.9 Å². The Morgan fingerprint density at radius 2 is 1.96 bits per heavy atom. The number of hydrogen-bond donors (Lipinski definition) is 2. The van der Waals surface area contributed by atoms with Crippen molar-refractivity contribution in [3.05, 3.63) is 48.0 Å². The van der Waals surface area contributed by atoms with Crippen LogP contribution in [0.25, 0.3) is 0 Å². The Labute approximate surface area is 146 Å². The Balaban J connectivity index is 2.08. The van der Waals surface area contributed by atoms with Gasteiger partial charge in [0.2, 0.25) is 5.91 Å². The van der Waals surface area contributed by atoms with Crippen LogP contribution in [-0.2, 0) is 25.5 Å². The number of carboxylic acids is 1. The second kappa shape index (κ2) is 9.61. The van der Waals surface area contributed by atoms with Crippen molar-refractivity contribution < 1.29 is 24.2 Å². The lowest BCUT2D eigenvalue weighted by Crippen LogP contribution is -2.41. The molecule has 1 aromatic carbocycles. The van der Waals surface area contributed by atoms with E-state index in [2.05, 4.69) is 5.32 Å². The molecule has 25 heavy (non-hydrogen) atoms. The van der Waals surface area contributed by atoms with Crippen molar-refractivity contribution in [1.29, 1.82) is 0 Å². The number of carboxylic acid groups (broad SMARTS) is 1. The summed E-state index contributed by atoms with van der Waals surface area (Å²) in [6.45, 7) is 0.0271. The average molecular weight is 345 g/mol. The molecule has 2 N–H and O–H groups in total. The first-order chi connectivity index (χ1) is 12.0. The summed E-state index contributed by atoms with van der Waals surface area (Å²) >= 11 is 0. The Morgan fingerprint density at radius 1 is 1.20 bits per heavy atom. The summed E-state index contributed by atoms with van der Waals surface area (Å²) in [5.41, 5.74) is 1.03. The van der Waals surface area contributed by atoms with Crippen LogP contribution in [0.15, 0.2) is 42.5 Å². The van der Waals surface area contributed by atoms with Crippen molar-refractivity contribution in [3.8, 4) is 0 Å². The maximum Gasteiger partial charge on any atom is 0.309 e. The van der Waals surface area contributed by atoms with E-state index >= 15 is 0 Å². The topological polar surface area (TPSA) is 92.7 Å². The summed E-state index contributed by atoms with van der Waals surface area (Å²) in [7, 11) is 0. The van der Waals surface area contributed by atoms with Crippen LogP contribution in [0.2, 0.25) is 0 Å². The van der Waals surface area contributed by atoms with Crippen LogP contribution in [0.4, 0.5) is 0 Å². The zero-order chi connectivity index (χ0) is 18.1. The standard InChI is InChI=1S/C19H23NO5/c21-17-10-6-2-5-9-15(12-18(22)23)19(24)25-13-16(20-17)11-14-7-3-1-4-8-14/h1-5,7-8,15-16H,6,9-13H2,(H,20,21)(H,22,23)/t15-,16+/m0/s1. The Bertz CT molecular complexity index is 626. The summed E-state index contributed by atoms with van der Waals surface area (Å²) in [4.78, 5) is 35.2. The number of allylic oxidation sites excluding steroid dienone is 2. The molecule has 134 valence electrons. The van der Waals surface area contributed by atoms with Crippen molar-refractivity contribution in [3.63, 3.8) is 0 Å². The molecule has 1 aliphatic rings. The number of ether oxygens (including phenoxy) is 1. The quantitative estimate of drug-likeness (QED) is 0.644. The SMILES string of the molecule is O=C(O)C[C@@H]1CC=CCCC(=O)N[C@H](Cc2ccccc2)COC1=O. The summed E-state index contributed by atoms with van der Waals surface area (Å²) in [5, 5.41) is 11.9. The molecule has 1 aromatic rings. The lowest BCUT2D eigenvalue weighted by molar-refractivity contribution is -0.153. The van der Waals surface area contributed by atoms with Gasteiger partial charge in [-0.2, -0.15) is 0 Å². The molecule has 0 fully saturated rings. The van der Waals surface area contributed by atoms with Gasteiger partial charge in [0, 0.05) is 6.42 Å². The van der Waals surface area contributed by atoms with Gasteiger partial charge in [0.25, 0.3) is 0 Å². The van der Waals surface area contributed by atoms with E-state index in [1.807, 2.05) is 30.3 Å². The number of cyclic esters (lactones) is 1. The number of carbonyl (C=O) groups is 3. The molecule has 0 aliphatic carbocycles. The molecule has 0 bridgehead atoms. The van der Waals surface area contributed by atoms with Gasteiger partial charge >= 0.3 is 11.9 Å². The summed E-state index contributed by atoms with van der Waals surface area (Å²) < 4.78 is 5.31. The van der Waals surface area contributed by atoms with E-state index in [0.29, 0.717) is 25.7 Å². The molecule has 0 radical (unpaired) electrons. The lowest BCUT2D eigenvalue weighted by Gasteiger charge is -2.21. The third-order valence-electron chi connectivity index (χ3n) is 4.00. The molecule has 2 rings (SSSR count). The molecular formula is C19H23NO5. The molecule has 0 saturated carbocycles. The highest BCUT2D eigenvalue weighted by Crippen LogP contribution is 2.14. The lowest BCUT2D eigenvalue weighted by atomic mass is 10.0. The number of aliphatic carboxylic acids is 1. The molecule has 1 aliphatic heterocycles. The van der Waals surface area contributed by atoms with E-state index in [-0.39, 0.29) is 25.0 Å². The van der Waals surface area contributed by atoms with Crippen molar-refractivity contribution in [2.75, 3.05) is 6.61 Å². The number of hydrogen-bond acceptors (Lipinski definition) is 4. The highest BCUT2D eigenvalue weighted by molar-refractivity contribution is 5.79. The van der Waals surface area contributed by atoms with Crippen LogP contribution < -0.4 is 5.32 Å². The Kier molecular flexibility index (Phi) is 7.19. The van der Waals surface area contributed by atoms with Gasteiger partial charge in [-0.15, -0.1) is 0 Å². The van der Waals surface area contributed by atoms with Crippen LogP contribution in [0.1, 0.15) is 31.2 Å². The fourth-order valence-corrected chi connectivity index (χ4v) is 2.72. The summed E-state index contributed by atoms with van der Waals surface area (Å²) in [6.07, 6.45) is 5.02. The van der Waals surface area contributed by atoms with Crippen LogP contribution >= 0.6 is 0 Å². The van der Waals surface area contributed by atoms with Gasteiger partial charge in [-0.05, 0) is 24.8 Å². The fraction of sp³-hybridized carbons (Fsp3) is 0.421. The second-order valence-electron chi connectivity index (χ2n) is 6.12. The van der Waals surface area contributed by atoms with E-state index in [0.717, 1.165) is 5.56 Å². The van der Waals surface area contributed by atoms with Crippen LogP contribution in [-0.4, -0.2) is 35.6 Å². The largest absolute Gasteiger partial charge is 0.481 e. The van der Waals surface area contributed by atoms with E-state index in [9.17, 15) is 14.4 Å². The third-order valence-corrected chi connectivity index (χ3v) is 4.00. The highest BCUT2D eigenvalue weighted by Gasteiger charge is 2.24. The molecule has 2 atom stereocenters. The number of carbonyl (C=O) groups excluding carboxylic acids is 2. The third kappa shape index (κ3) is 6.79. The van der Waals surface area contributed by atoms with Gasteiger partial charge in [0.05, 0.1) is 18.4 Å². The minimum Gasteiger partial charge on any atom is -0.481 e. The first-order valence-corrected chi connectivity index (χ1v) is 8.41. The van der Waals surface area contributed by atoms with Crippen LogP contribution in [0, 0.1) is 5.92 Å². The predicted molar refractivity (Wildman–Crippen MR) is 91.8 cm³/mol. The van der Waals surface area contributed by atoms with Crippen LogP contribution in [0.3, 0.4) is 0 Å². The Hall–Kier alpha value is -2.63. The predicted octanol–water partition coefficient (Wildman–Crippen LogP) is 2.09. The van der Waals surface area contributed by atoms with Crippen molar-refractivity contribution in [2.45, 2.75) is 38.1 Å². The van der Waals surface area contributed by atoms with E-state index in [4.69, 9.17) is 9.84 Å². The van der Waals surface area contributed by atoms with Crippen LogP contribution in [0.5, 0.6) is 0 Å². The zero-order valence-corrected chi connectivity index (χ0v) is 14.0. The molecule has 0 spiro atoms. The molecular weight excluding hydrogens is 322 g/mol. The monoisotopic (exact) mass is 345 g/mol. The zero-order valence-electron chi connectivity index (χ0n) is 14.0. The molecule has 0 unspecified atom stereocenters. The first kappa shape index (κ1) is 18.7. The molecule has 6 heteroatoms. The summed E-state index contributed by atoms with van der Waals surface area (Å²) in [5.74, 6) is -2.37. The molecule has 6 nitrogen and oxygen atoms in total.